The molecule has 0 aromatic heterocycles. The second-order valence-electron chi connectivity index (χ2n) is 11.4. The average Bonchev–Trinajstić information content (AvgIpc) is 2.96. The van der Waals surface area contributed by atoms with Gasteiger partial charge in [0.25, 0.3) is 0 Å². The van der Waals surface area contributed by atoms with Gasteiger partial charge in [0.2, 0.25) is 0 Å². The predicted octanol–water partition coefficient (Wildman–Crippen LogP) is 0.147. The summed E-state index contributed by atoms with van der Waals surface area (Å²) < 4.78 is 0. The van der Waals surface area contributed by atoms with Crippen molar-refractivity contribution >= 4 is 5.97 Å². The quantitative estimate of drug-likeness (QED) is 0.622. The molecule has 4 saturated carbocycles. The fourth-order valence-corrected chi connectivity index (χ4v) is 8.88. The summed E-state index contributed by atoms with van der Waals surface area (Å²) in [5, 5.41) is 32.6. The van der Waals surface area contributed by atoms with Gasteiger partial charge in [-0.05, 0) is 111 Å². The van der Waals surface area contributed by atoms with Crippen molar-refractivity contribution in [2.75, 3.05) is 0 Å². The zero-order valence-electron chi connectivity index (χ0n) is 18.9. The Bertz CT molecular complexity index is 612. The van der Waals surface area contributed by atoms with Gasteiger partial charge in [0.05, 0.1) is 12.2 Å². The largest absolute Gasteiger partial charge is 1.00 e. The van der Waals surface area contributed by atoms with Crippen LogP contribution in [0.2, 0.25) is 0 Å². The van der Waals surface area contributed by atoms with E-state index in [1.165, 1.54) is 25.7 Å². The Morgan fingerprint density at radius 1 is 1.10 bits per heavy atom. The van der Waals surface area contributed by atoms with Gasteiger partial charge in [0, 0.05) is 5.97 Å². The number of aliphatic hydroxyl groups excluding tert-OH is 2. The fourth-order valence-electron chi connectivity index (χ4n) is 8.88. The number of rotatable bonds is 4. The Morgan fingerprint density at radius 2 is 1.83 bits per heavy atom. The molecule has 0 aromatic rings. The summed E-state index contributed by atoms with van der Waals surface area (Å²) in [7, 11) is 0. The van der Waals surface area contributed by atoms with Crippen LogP contribution in [0.15, 0.2) is 0 Å². The van der Waals surface area contributed by atoms with Gasteiger partial charge in [0.15, 0.2) is 0 Å². The van der Waals surface area contributed by atoms with Crippen molar-refractivity contribution in [3.05, 3.63) is 0 Å². The molecule has 1 unspecified atom stereocenters. The van der Waals surface area contributed by atoms with E-state index in [4.69, 9.17) is 0 Å². The summed E-state index contributed by atoms with van der Waals surface area (Å²) in [6.45, 7) is 7.00. The van der Waals surface area contributed by atoms with E-state index in [0.717, 1.165) is 25.7 Å². The molecule has 5 heteroatoms. The maximum Gasteiger partial charge on any atom is 1.00 e. The minimum Gasteiger partial charge on any atom is -0.550 e. The maximum absolute atomic E-state index is 11.4. The topological polar surface area (TPSA) is 80.6 Å². The van der Waals surface area contributed by atoms with E-state index >= 15 is 0 Å². The third-order valence-corrected chi connectivity index (χ3v) is 10.1. The van der Waals surface area contributed by atoms with E-state index in [1.807, 2.05) is 0 Å². The molecule has 4 rings (SSSR count). The number of fused-ring (bicyclic) bond motifs is 5. The summed E-state index contributed by atoms with van der Waals surface area (Å²) in [5.74, 6) is 2.09. The van der Waals surface area contributed by atoms with E-state index in [-0.39, 0.29) is 80.8 Å². The Kier molecular flexibility index (Phi) is 7.75. The molecule has 29 heavy (non-hydrogen) atoms. The van der Waals surface area contributed by atoms with Crippen LogP contribution in [-0.4, -0.2) is 28.4 Å². The van der Waals surface area contributed by atoms with Gasteiger partial charge in [0.1, 0.15) is 0 Å². The summed E-state index contributed by atoms with van der Waals surface area (Å²) in [6.07, 6.45) is 8.92. The van der Waals surface area contributed by atoms with Gasteiger partial charge in [-0.15, -0.1) is 0 Å². The third kappa shape index (κ3) is 4.20. The first kappa shape index (κ1) is 24.7. The summed E-state index contributed by atoms with van der Waals surface area (Å²) >= 11 is 0. The first-order valence-corrected chi connectivity index (χ1v) is 11.7. The number of hydrogen-bond acceptors (Lipinski definition) is 4. The monoisotopic (exact) mass is 430 g/mol. The van der Waals surface area contributed by atoms with Crippen LogP contribution in [0.1, 0.15) is 85.0 Å². The molecule has 4 aliphatic rings. The average molecular weight is 431 g/mol. The van der Waals surface area contributed by atoms with Crippen LogP contribution in [0.3, 0.4) is 0 Å². The Labute approximate surface area is 219 Å². The summed E-state index contributed by atoms with van der Waals surface area (Å²) in [6, 6.07) is 0. The standard InChI is InChI=1S/C24H40O4.K/c1-14(4-9-21(27)28)18-7-8-19-17-6-5-15-12-16(25)10-11-23(15,2)22(17)20(26)13-24(18,19)3;/h14-20,22,25-26H,4-13H2,1-3H3,(H,27,28);/q;+1/p-1/t14-,15-,16-,17+,18-,19+,20?,22-,23+,24-;/m1./s1. The molecule has 2 N–H and O–H groups in total. The number of aliphatic carboxylic acids is 1. The second-order valence-corrected chi connectivity index (χ2v) is 11.4. The van der Waals surface area contributed by atoms with E-state index in [9.17, 15) is 20.1 Å². The van der Waals surface area contributed by atoms with Crippen LogP contribution in [0, 0.1) is 46.3 Å². The van der Waals surface area contributed by atoms with Crippen molar-refractivity contribution in [1.29, 1.82) is 0 Å². The first-order valence-electron chi connectivity index (χ1n) is 11.7. The molecule has 4 aliphatic carbocycles. The first-order chi connectivity index (χ1) is 13.2. The van der Waals surface area contributed by atoms with Gasteiger partial charge in [-0.2, -0.15) is 0 Å². The van der Waals surface area contributed by atoms with E-state index in [0.29, 0.717) is 41.9 Å². The van der Waals surface area contributed by atoms with Crippen LogP contribution in [0.4, 0.5) is 0 Å². The van der Waals surface area contributed by atoms with E-state index in [2.05, 4.69) is 20.8 Å². The fraction of sp³-hybridized carbons (Fsp3) is 0.958. The molecular weight excluding hydrogens is 391 g/mol. The van der Waals surface area contributed by atoms with Crippen LogP contribution in [-0.2, 0) is 4.79 Å². The number of carbonyl (C=O) groups is 1. The van der Waals surface area contributed by atoms with Crippen molar-refractivity contribution in [3.63, 3.8) is 0 Å². The molecule has 0 spiro atoms. The van der Waals surface area contributed by atoms with E-state index < -0.39 is 5.97 Å². The molecule has 0 aliphatic heterocycles. The maximum atomic E-state index is 11.4. The second kappa shape index (κ2) is 9.11. The minimum atomic E-state index is -0.943. The van der Waals surface area contributed by atoms with Crippen LogP contribution in [0.25, 0.3) is 0 Å². The molecule has 160 valence electrons. The van der Waals surface area contributed by atoms with Crippen molar-refractivity contribution in [1.82, 2.24) is 0 Å². The molecule has 0 bridgehead atoms. The Balaban J connectivity index is 0.00000240. The van der Waals surface area contributed by atoms with Gasteiger partial charge in [-0.1, -0.05) is 20.8 Å². The normalized spacial score (nSPS) is 49.9. The number of hydrogen-bond donors (Lipinski definition) is 2. The molecule has 0 radical (unpaired) electrons. The van der Waals surface area contributed by atoms with Crippen molar-refractivity contribution in [2.45, 2.75) is 97.2 Å². The molecule has 4 nitrogen and oxygen atoms in total. The Hall–Kier alpha value is 1.03. The van der Waals surface area contributed by atoms with Crippen LogP contribution < -0.4 is 56.5 Å². The van der Waals surface area contributed by atoms with Gasteiger partial charge in [-0.25, -0.2) is 0 Å². The molecule has 0 saturated heterocycles. The Morgan fingerprint density at radius 3 is 2.52 bits per heavy atom. The molecule has 0 heterocycles. The van der Waals surface area contributed by atoms with Crippen molar-refractivity contribution in [2.24, 2.45) is 46.3 Å². The summed E-state index contributed by atoms with van der Waals surface area (Å²) in [5.41, 5.74) is 0.297. The third-order valence-electron chi connectivity index (χ3n) is 10.1. The molecular formula is C24H39KO4. The van der Waals surface area contributed by atoms with Crippen LogP contribution >= 0.6 is 0 Å². The number of carbonyl (C=O) groups excluding carboxylic acids is 1. The molecule has 0 aromatic carbocycles. The summed E-state index contributed by atoms with van der Waals surface area (Å²) in [4.78, 5) is 10.9. The van der Waals surface area contributed by atoms with Gasteiger partial charge >= 0.3 is 51.4 Å². The smallest absolute Gasteiger partial charge is 0.550 e. The van der Waals surface area contributed by atoms with Gasteiger partial charge in [-0.3, -0.25) is 0 Å². The number of carboxylic acids is 1. The SMILES string of the molecule is C[C@H](CCC(=O)[O-])[C@H]1CC[C@H]2[C@@H]3CC[C@@H]4C[C@H](O)CC[C@]4(C)[C@H]3C(O)C[C@]12C.[K+]. The van der Waals surface area contributed by atoms with Gasteiger partial charge < -0.3 is 20.1 Å². The zero-order valence-corrected chi connectivity index (χ0v) is 22.0. The van der Waals surface area contributed by atoms with Crippen LogP contribution in [0.5, 0.6) is 0 Å². The molecule has 4 fully saturated rings. The molecule has 10 atom stereocenters. The van der Waals surface area contributed by atoms with Crippen molar-refractivity contribution < 1.29 is 71.5 Å². The number of carboxylic acid groups (broad SMARTS) is 1. The number of aliphatic hydroxyl groups is 2. The predicted molar refractivity (Wildman–Crippen MR) is 106 cm³/mol. The molecule has 0 amide bonds. The minimum absolute atomic E-state index is 0. The van der Waals surface area contributed by atoms with Crippen molar-refractivity contribution in [3.8, 4) is 0 Å². The van der Waals surface area contributed by atoms with E-state index in [1.54, 1.807) is 0 Å². The zero-order chi connectivity index (χ0) is 20.3.